The SMILES string of the molecule is Cc1cc(N(C)C)nc(N2CC[C@@H]3CCN(C(=O)c4ccccc4-n4nccn4)C[C@@H]32)n1. The van der Waals surface area contributed by atoms with E-state index in [4.69, 9.17) is 9.97 Å². The summed E-state index contributed by atoms with van der Waals surface area (Å²) in [5.74, 6) is 2.23. The van der Waals surface area contributed by atoms with Gasteiger partial charge in [-0.2, -0.15) is 20.0 Å². The molecule has 32 heavy (non-hydrogen) atoms. The third-order valence-electron chi connectivity index (χ3n) is 6.46. The molecule has 166 valence electrons. The number of benzene rings is 1. The fourth-order valence-corrected chi connectivity index (χ4v) is 4.81. The summed E-state index contributed by atoms with van der Waals surface area (Å²) in [6.45, 7) is 4.34. The highest BCUT2D eigenvalue weighted by Gasteiger charge is 2.41. The van der Waals surface area contributed by atoms with Crippen LogP contribution in [0.25, 0.3) is 5.69 Å². The molecule has 0 N–H and O–H groups in total. The van der Waals surface area contributed by atoms with E-state index in [1.54, 1.807) is 12.4 Å². The summed E-state index contributed by atoms with van der Waals surface area (Å²) in [7, 11) is 3.98. The number of amides is 1. The van der Waals surface area contributed by atoms with Gasteiger partial charge in [-0.3, -0.25) is 4.79 Å². The van der Waals surface area contributed by atoms with Crippen molar-refractivity contribution < 1.29 is 4.79 Å². The molecule has 9 heteroatoms. The second-order valence-electron chi connectivity index (χ2n) is 8.75. The van der Waals surface area contributed by atoms with Gasteiger partial charge >= 0.3 is 0 Å². The van der Waals surface area contributed by atoms with E-state index >= 15 is 0 Å². The number of hydrogen-bond acceptors (Lipinski definition) is 7. The third-order valence-corrected chi connectivity index (χ3v) is 6.46. The van der Waals surface area contributed by atoms with Crippen molar-refractivity contribution >= 4 is 17.7 Å². The number of aromatic nitrogens is 5. The number of para-hydroxylation sites is 1. The maximum atomic E-state index is 13.5. The highest BCUT2D eigenvalue weighted by atomic mass is 16.2. The Hall–Kier alpha value is -3.49. The molecule has 0 bridgehead atoms. The molecule has 0 radical (unpaired) electrons. The zero-order valence-corrected chi connectivity index (χ0v) is 18.7. The second kappa shape index (κ2) is 8.22. The number of piperidine rings is 1. The number of likely N-dealkylation sites (tertiary alicyclic amines) is 1. The van der Waals surface area contributed by atoms with Gasteiger partial charge in [0.1, 0.15) is 5.82 Å². The van der Waals surface area contributed by atoms with Gasteiger partial charge in [-0.15, -0.1) is 0 Å². The van der Waals surface area contributed by atoms with E-state index < -0.39 is 0 Å². The van der Waals surface area contributed by atoms with Crippen LogP contribution >= 0.6 is 0 Å². The van der Waals surface area contributed by atoms with Crippen LogP contribution in [0.5, 0.6) is 0 Å². The molecule has 0 spiro atoms. The van der Waals surface area contributed by atoms with E-state index in [0.717, 1.165) is 43.4 Å². The lowest BCUT2D eigenvalue weighted by Gasteiger charge is -2.38. The molecule has 4 heterocycles. The molecule has 2 aromatic heterocycles. The van der Waals surface area contributed by atoms with Crippen LogP contribution in [0.2, 0.25) is 0 Å². The van der Waals surface area contributed by atoms with Crippen molar-refractivity contribution in [2.24, 2.45) is 5.92 Å². The van der Waals surface area contributed by atoms with Gasteiger partial charge in [-0.05, 0) is 37.8 Å². The highest BCUT2D eigenvalue weighted by molar-refractivity contribution is 5.97. The summed E-state index contributed by atoms with van der Waals surface area (Å²) >= 11 is 0. The minimum Gasteiger partial charge on any atom is -0.363 e. The van der Waals surface area contributed by atoms with Crippen LogP contribution in [0.4, 0.5) is 11.8 Å². The molecule has 1 aromatic carbocycles. The van der Waals surface area contributed by atoms with Crippen molar-refractivity contribution in [3.05, 3.63) is 54.0 Å². The van der Waals surface area contributed by atoms with Gasteiger partial charge in [0, 0.05) is 45.5 Å². The van der Waals surface area contributed by atoms with Crippen LogP contribution in [-0.4, -0.2) is 75.5 Å². The fraction of sp³-hybridized carbons (Fsp3) is 0.435. The molecule has 1 amide bonds. The van der Waals surface area contributed by atoms with Crippen molar-refractivity contribution in [3.63, 3.8) is 0 Å². The van der Waals surface area contributed by atoms with Gasteiger partial charge in [0.05, 0.1) is 29.7 Å². The standard InChI is InChI=1S/C23H28N8O/c1-16-14-21(28(2)3)27-23(26-16)30-13-9-17-8-12-29(15-20(17)30)22(32)18-6-4-5-7-19(18)31-24-10-11-25-31/h4-7,10-11,14,17,20H,8-9,12-13,15H2,1-3H3/t17-,20-/m0/s1. The summed E-state index contributed by atoms with van der Waals surface area (Å²) in [4.78, 5) is 30.8. The van der Waals surface area contributed by atoms with Crippen LogP contribution in [0.3, 0.4) is 0 Å². The number of fused-ring (bicyclic) bond motifs is 1. The smallest absolute Gasteiger partial charge is 0.256 e. The maximum Gasteiger partial charge on any atom is 0.256 e. The van der Waals surface area contributed by atoms with Gasteiger partial charge in [-0.25, -0.2) is 4.98 Å². The summed E-state index contributed by atoms with van der Waals surface area (Å²) < 4.78 is 0. The van der Waals surface area contributed by atoms with Gasteiger partial charge in [0.25, 0.3) is 5.91 Å². The van der Waals surface area contributed by atoms with Crippen LogP contribution in [0.15, 0.2) is 42.7 Å². The first kappa shape index (κ1) is 20.4. The quantitative estimate of drug-likeness (QED) is 0.625. The fourth-order valence-electron chi connectivity index (χ4n) is 4.81. The van der Waals surface area contributed by atoms with E-state index in [-0.39, 0.29) is 11.9 Å². The Bertz CT molecular complexity index is 1110. The average molecular weight is 433 g/mol. The minimum atomic E-state index is 0.0161. The molecule has 0 unspecified atom stereocenters. The highest BCUT2D eigenvalue weighted by Crippen LogP contribution is 2.35. The molecule has 2 aliphatic heterocycles. The van der Waals surface area contributed by atoms with E-state index in [0.29, 0.717) is 23.7 Å². The first-order valence-corrected chi connectivity index (χ1v) is 11.1. The summed E-state index contributed by atoms with van der Waals surface area (Å²) in [5, 5.41) is 8.43. The topological polar surface area (TPSA) is 83.3 Å². The average Bonchev–Trinajstić information content (AvgIpc) is 3.48. The number of aryl methyl sites for hydroxylation is 1. The number of hydrogen-bond donors (Lipinski definition) is 0. The van der Waals surface area contributed by atoms with Crippen molar-refractivity contribution in [2.45, 2.75) is 25.8 Å². The lowest BCUT2D eigenvalue weighted by Crippen LogP contribution is -2.50. The Kier molecular flexibility index (Phi) is 5.24. The zero-order valence-electron chi connectivity index (χ0n) is 18.7. The van der Waals surface area contributed by atoms with Gasteiger partial charge < -0.3 is 14.7 Å². The Morgan fingerprint density at radius 2 is 1.81 bits per heavy atom. The first-order chi connectivity index (χ1) is 15.5. The van der Waals surface area contributed by atoms with E-state index in [9.17, 15) is 4.79 Å². The molecule has 2 fully saturated rings. The molecule has 2 aliphatic rings. The van der Waals surface area contributed by atoms with Crippen molar-refractivity contribution in [1.29, 1.82) is 0 Å². The number of carbonyl (C=O) groups excluding carboxylic acids is 1. The van der Waals surface area contributed by atoms with Gasteiger partial charge in [-0.1, -0.05) is 12.1 Å². The van der Waals surface area contributed by atoms with Crippen molar-refractivity contribution in [1.82, 2.24) is 29.9 Å². The predicted molar refractivity (Wildman–Crippen MR) is 122 cm³/mol. The molecule has 0 aliphatic carbocycles. The molecular formula is C23H28N8O. The number of anilines is 2. The monoisotopic (exact) mass is 432 g/mol. The number of rotatable bonds is 4. The minimum absolute atomic E-state index is 0.0161. The second-order valence-corrected chi connectivity index (χ2v) is 8.75. The summed E-state index contributed by atoms with van der Waals surface area (Å²) in [6, 6.07) is 9.74. The maximum absolute atomic E-state index is 13.5. The lowest BCUT2D eigenvalue weighted by molar-refractivity contribution is 0.0678. The number of carbonyl (C=O) groups is 1. The van der Waals surface area contributed by atoms with E-state index in [2.05, 4.69) is 15.1 Å². The first-order valence-electron chi connectivity index (χ1n) is 11.1. The zero-order chi connectivity index (χ0) is 22.2. The van der Waals surface area contributed by atoms with E-state index in [1.807, 2.05) is 61.2 Å². The largest absolute Gasteiger partial charge is 0.363 e. The number of nitrogens with zero attached hydrogens (tertiary/aromatic N) is 8. The third kappa shape index (κ3) is 3.68. The van der Waals surface area contributed by atoms with Crippen LogP contribution < -0.4 is 9.80 Å². The summed E-state index contributed by atoms with van der Waals surface area (Å²) in [6.07, 6.45) is 5.33. The normalized spacial score (nSPS) is 20.3. The molecule has 5 rings (SSSR count). The van der Waals surface area contributed by atoms with Crippen LogP contribution in [-0.2, 0) is 0 Å². The molecule has 2 saturated heterocycles. The lowest BCUT2D eigenvalue weighted by atomic mass is 9.91. The van der Waals surface area contributed by atoms with Crippen LogP contribution in [0, 0.1) is 12.8 Å². The Labute approximate surface area is 187 Å². The molecule has 3 aromatic rings. The van der Waals surface area contributed by atoms with Gasteiger partial charge in [0.2, 0.25) is 5.95 Å². The van der Waals surface area contributed by atoms with Gasteiger partial charge in [0.15, 0.2) is 0 Å². The molecular weight excluding hydrogens is 404 g/mol. The summed E-state index contributed by atoms with van der Waals surface area (Å²) in [5.41, 5.74) is 2.27. The molecule has 2 atom stereocenters. The van der Waals surface area contributed by atoms with E-state index in [1.165, 1.54) is 4.80 Å². The van der Waals surface area contributed by atoms with Crippen molar-refractivity contribution in [3.8, 4) is 5.69 Å². The predicted octanol–water partition coefficient (Wildman–Crippen LogP) is 2.17. The Morgan fingerprint density at radius 3 is 2.59 bits per heavy atom. The van der Waals surface area contributed by atoms with Crippen LogP contribution in [0.1, 0.15) is 28.9 Å². The molecule has 0 saturated carbocycles. The Morgan fingerprint density at radius 1 is 1.06 bits per heavy atom. The van der Waals surface area contributed by atoms with Crippen molar-refractivity contribution in [2.75, 3.05) is 43.5 Å². The molecule has 9 nitrogen and oxygen atoms in total. The Balaban J connectivity index is 1.41.